The lowest BCUT2D eigenvalue weighted by Crippen LogP contribution is -2.57. The normalized spacial score (nSPS) is 33.3. The number of likely N-dealkylation sites (tertiary alicyclic amines) is 2. The molecule has 5 rings (SSSR count). The van der Waals surface area contributed by atoms with E-state index in [9.17, 15) is 14.9 Å². The molecule has 3 heterocycles. The minimum Gasteiger partial charge on any atom is -0.322 e. The molecular weight excluding hydrogens is 368 g/mol. The van der Waals surface area contributed by atoms with Gasteiger partial charge in [-0.2, -0.15) is 5.26 Å². The van der Waals surface area contributed by atoms with Gasteiger partial charge in [0.05, 0.1) is 30.8 Å². The van der Waals surface area contributed by atoms with Crippen molar-refractivity contribution in [2.45, 2.75) is 49.5 Å². The molecule has 3 aliphatic heterocycles. The van der Waals surface area contributed by atoms with Gasteiger partial charge in [-0.1, -0.05) is 12.1 Å². The van der Waals surface area contributed by atoms with Crippen molar-refractivity contribution in [3.63, 3.8) is 0 Å². The summed E-state index contributed by atoms with van der Waals surface area (Å²) in [6, 6.07) is 8.20. The Labute approximate surface area is 169 Å². The first-order chi connectivity index (χ1) is 14.0. The van der Waals surface area contributed by atoms with Crippen LogP contribution >= 0.6 is 0 Å². The zero-order chi connectivity index (χ0) is 20.3. The highest BCUT2D eigenvalue weighted by molar-refractivity contribution is 6.01. The van der Waals surface area contributed by atoms with E-state index in [0.717, 1.165) is 24.9 Å². The molecule has 1 aromatic carbocycles. The largest absolute Gasteiger partial charge is 0.322 e. The maximum Gasteiger partial charge on any atom is 0.244 e. The highest BCUT2D eigenvalue weighted by Gasteiger charge is 2.55. The SMILES string of the molecule is [C-]#[N+]c1ccc(N2C(=O)[C@@H]3C[C@H]2CN3C[C@H](N)C(=O)N2[C@H](C#N)CC3C[C@@H]32)cc1. The third-order valence-corrected chi connectivity index (χ3v) is 6.78. The van der Waals surface area contributed by atoms with Crippen LogP contribution in [0.3, 0.4) is 0 Å². The Bertz CT molecular complexity index is 947. The van der Waals surface area contributed by atoms with E-state index < -0.39 is 6.04 Å². The molecule has 0 radical (unpaired) electrons. The van der Waals surface area contributed by atoms with Crippen LogP contribution < -0.4 is 10.6 Å². The summed E-state index contributed by atoms with van der Waals surface area (Å²) in [6.07, 6.45) is 2.46. The van der Waals surface area contributed by atoms with Crippen molar-refractivity contribution in [1.82, 2.24) is 9.80 Å². The first-order valence-corrected chi connectivity index (χ1v) is 10.0. The van der Waals surface area contributed by atoms with Crippen molar-refractivity contribution < 1.29 is 9.59 Å². The molecule has 4 fully saturated rings. The third kappa shape index (κ3) is 2.79. The van der Waals surface area contributed by atoms with Crippen LogP contribution in [0.1, 0.15) is 19.3 Å². The van der Waals surface area contributed by atoms with Crippen LogP contribution in [0.4, 0.5) is 11.4 Å². The molecule has 1 aromatic rings. The maximum atomic E-state index is 12.9. The lowest BCUT2D eigenvalue weighted by molar-refractivity contribution is -0.135. The molecule has 1 aliphatic carbocycles. The van der Waals surface area contributed by atoms with Crippen molar-refractivity contribution >= 4 is 23.2 Å². The quantitative estimate of drug-likeness (QED) is 0.769. The van der Waals surface area contributed by atoms with Crippen LogP contribution in [0.15, 0.2) is 24.3 Å². The Morgan fingerprint density at radius 3 is 2.72 bits per heavy atom. The Balaban J connectivity index is 1.24. The van der Waals surface area contributed by atoms with Crippen LogP contribution in [0.2, 0.25) is 0 Å². The number of rotatable bonds is 4. The van der Waals surface area contributed by atoms with Gasteiger partial charge in [0.15, 0.2) is 5.69 Å². The smallest absolute Gasteiger partial charge is 0.244 e. The second kappa shape index (κ2) is 6.55. The average molecular weight is 390 g/mol. The molecule has 8 heteroatoms. The summed E-state index contributed by atoms with van der Waals surface area (Å²) < 4.78 is 0. The number of piperidine rings is 1. The predicted octanol–water partition coefficient (Wildman–Crippen LogP) is 0.867. The molecule has 0 aromatic heterocycles. The van der Waals surface area contributed by atoms with Gasteiger partial charge in [-0.3, -0.25) is 14.5 Å². The number of nitrogens with zero attached hydrogens (tertiary/aromatic N) is 5. The fourth-order valence-electron chi connectivity index (χ4n) is 5.30. The van der Waals surface area contributed by atoms with E-state index in [1.165, 1.54) is 0 Å². The zero-order valence-electron chi connectivity index (χ0n) is 15.9. The number of piperazine rings is 1. The lowest BCUT2D eigenvalue weighted by atomic mass is 10.1. The van der Waals surface area contributed by atoms with Gasteiger partial charge in [0.25, 0.3) is 0 Å². The molecule has 8 nitrogen and oxygen atoms in total. The molecular formula is C21H22N6O2. The number of carbonyl (C=O) groups excluding carboxylic acids is 2. The first-order valence-electron chi connectivity index (χ1n) is 10.0. The predicted molar refractivity (Wildman–Crippen MR) is 105 cm³/mol. The molecule has 148 valence electrons. The Hall–Kier alpha value is -2.94. The van der Waals surface area contributed by atoms with E-state index in [0.29, 0.717) is 24.7 Å². The number of fused-ring (bicyclic) bond motifs is 3. The molecule has 0 spiro atoms. The third-order valence-electron chi connectivity index (χ3n) is 6.78. The van der Waals surface area contributed by atoms with E-state index in [2.05, 4.69) is 10.9 Å². The summed E-state index contributed by atoms with van der Waals surface area (Å²) in [4.78, 5) is 34.7. The van der Waals surface area contributed by atoms with E-state index in [4.69, 9.17) is 12.3 Å². The summed E-state index contributed by atoms with van der Waals surface area (Å²) in [5.41, 5.74) is 7.59. The van der Waals surface area contributed by atoms with Gasteiger partial charge in [-0.15, -0.1) is 0 Å². The highest BCUT2D eigenvalue weighted by atomic mass is 16.2. The molecule has 2 N–H and O–H groups in total. The Morgan fingerprint density at radius 1 is 1.31 bits per heavy atom. The van der Waals surface area contributed by atoms with Crippen molar-refractivity contribution in [3.05, 3.63) is 35.7 Å². The Kier molecular flexibility index (Phi) is 4.09. The number of nitriles is 1. The van der Waals surface area contributed by atoms with Gasteiger partial charge in [0, 0.05) is 24.8 Å². The van der Waals surface area contributed by atoms with Gasteiger partial charge in [0.2, 0.25) is 11.8 Å². The van der Waals surface area contributed by atoms with E-state index in [1.54, 1.807) is 17.0 Å². The summed E-state index contributed by atoms with van der Waals surface area (Å²) in [5, 5.41) is 9.32. The van der Waals surface area contributed by atoms with Crippen molar-refractivity contribution in [2.75, 3.05) is 18.0 Å². The molecule has 2 amide bonds. The standard InChI is InChI=1S/C21H22N6O2/c1-24-13-2-4-14(5-3-13)26-16-8-19(21(26)29)25(10-16)11-17(23)20(28)27-15(9-22)6-12-7-18(12)27/h2-5,12,15-19H,6-8,10-11,23H2/t12?,15-,16-,17-,18-,19-/m0/s1. The molecule has 3 saturated heterocycles. The zero-order valence-corrected chi connectivity index (χ0v) is 15.9. The second-order valence-corrected chi connectivity index (χ2v) is 8.49. The average Bonchev–Trinajstić information content (AvgIpc) is 3.07. The number of hydrogen-bond acceptors (Lipinski definition) is 5. The van der Waals surface area contributed by atoms with Gasteiger partial charge >= 0.3 is 0 Å². The van der Waals surface area contributed by atoms with Crippen LogP contribution in [0.5, 0.6) is 0 Å². The maximum absolute atomic E-state index is 12.9. The molecule has 4 aliphatic rings. The summed E-state index contributed by atoms with van der Waals surface area (Å²) >= 11 is 0. The minimum absolute atomic E-state index is 0.0230. The number of nitrogens with two attached hydrogens (primary N) is 1. The van der Waals surface area contributed by atoms with Crippen LogP contribution in [0.25, 0.3) is 4.85 Å². The molecule has 1 unspecified atom stereocenters. The van der Waals surface area contributed by atoms with Gasteiger partial charge in [-0.05, 0) is 37.3 Å². The molecule has 2 bridgehead atoms. The lowest BCUT2D eigenvalue weighted by Gasteiger charge is -2.35. The van der Waals surface area contributed by atoms with Gasteiger partial charge < -0.3 is 15.5 Å². The van der Waals surface area contributed by atoms with Crippen LogP contribution in [-0.4, -0.2) is 64.9 Å². The topological polar surface area (TPSA) is 98.0 Å². The molecule has 29 heavy (non-hydrogen) atoms. The number of benzene rings is 1. The Morgan fingerprint density at radius 2 is 2.07 bits per heavy atom. The number of hydrogen-bond donors (Lipinski definition) is 1. The summed E-state index contributed by atoms with van der Waals surface area (Å²) in [5.74, 6) is 0.320. The fourth-order valence-corrected chi connectivity index (χ4v) is 5.30. The fraction of sp³-hybridized carbons (Fsp3) is 0.524. The second-order valence-electron chi connectivity index (χ2n) is 8.49. The van der Waals surface area contributed by atoms with E-state index in [1.807, 2.05) is 21.9 Å². The van der Waals surface area contributed by atoms with Crippen molar-refractivity contribution in [3.8, 4) is 6.07 Å². The highest BCUT2D eigenvalue weighted by Crippen LogP contribution is 2.47. The summed E-state index contributed by atoms with van der Waals surface area (Å²) in [7, 11) is 0. The molecule has 1 saturated carbocycles. The van der Waals surface area contributed by atoms with Gasteiger partial charge in [0.1, 0.15) is 6.04 Å². The van der Waals surface area contributed by atoms with E-state index in [-0.39, 0.29) is 36.0 Å². The minimum atomic E-state index is -0.719. The summed E-state index contributed by atoms with van der Waals surface area (Å²) in [6.45, 7) is 8.06. The number of amides is 2. The first kappa shape index (κ1) is 18.1. The van der Waals surface area contributed by atoms with E-state index >= 15 is 0 Å². The molecule has 6 atom stereocenters. The van der Waals surface area contributed by atoms with Crippen LogP contribution in [-0.2, 0) is 9.59 Å². The van der Waals surface area contributed by atoms with Crippen molar-refractivity contribution in [1.29, 1.82) is 5.26 Å². The van der Waals surface area contributed by atoms with Crippen LogP contribution in [0, 0.1) is 23.8 Å². The number of anilines is 1. The number of carbonyl (C=O) groups is 2. The van der Waals surface area contributed by atoms with Gasteiger partial charge in [-0.25, -0.2) is 4.85 Å². The monoisotopic (exact) mass is 390 g/mol. The van der Waals surface area contributed by atoms with Crippen molar-refractivity contribution in [2.24, 2.45) is 11.7 Å².